The van der Waals surface area contributed by atoms with E-state index in [0.717, 1.165) is 0 Å². The van der Waals surface area contributed by atoms with Crippen LogP contribution in [0.15, 0.2) is 35.5 Å². The number of β-lactam (4-membered cyclic amide) rings is 1. The van der Waals surface area contributed by atoms with E-state index in [9.17, 15) is 19.5 Å². The van der Waals surface area contributed by atoms with Crippen LogP contribution in [0.3, 0.4) is 0 Å². The number of nitrogens with one attached hydrogen (secondary N) is 1. The van der Waals surface area contributed by atoms with Gasteiger partial charge in [0.1, 0.15) is 28.9 Å². The Morgan fingerprint density at radius 2 is 2.03 bits per heavy atom. The molecule has 0 saturated carbocycles. The molecule has 2 amide bonds. The van der Waals surface area contributed by atoms with Gasteiger partial charge in [-0.1, -0.05) is 46.8 Å². The number of carbonyl (C=O) groups excluding carboxylic acids is 2. The molecule has 0 aliphatic carbocycles. The molecule has 11 nitrogen and oxygen atoms in total. The molecular weight excluding hydrogens is 468 g/mol. The number of nitrogens with zero attached hydrogens (tertiary/aromatic N) is 5. The second-order valence-electron chi connectivity index (χ2n) is 7.78. The van der Waals surface area contributed by atoms with Gasteiger partial charge in [0.05, 0.1) is 0 Å². The molecule has 0 radical (unpaired) electrons. The quantitative estimate of drug-likeness (QED) is 0.320. The number of oxime groups is 1. The summed E-state index contributed by atoms with van der Waals surface area (Å²) < 4.78 is 0. The summed E-state index contributed by atoms with van der Waals surface area (Å²) in [4.78, 5) is 46.1. The summed E-state index contributed by atoms with van der Waals surface area (Å²) in [5, 5.41) is 25.3. The molecule has 2 N–H and O–H groups in total. The molecule has 2 unspecified atom stereocenters. The van der Waals surface area contributed by atoms with Gasteiger partial charge >= 0.3 is 5.97 Å². The molecule has 3 atom stereocenters. The first kappa shape index (κ1) is 23.0. The molecule has 0 bridgehead atoms. The molecule has 13 heteroatoms. The number of carboxylic acid groups (broad SMARTS) is 1. The van der Waals surface area contributed by atoms with Crippen LogP contribution in [-0.4, -0.2) is 88.6 Å². The normalized spacial score (nSPS) is 24.5. The van der Waals surface area contributed by atoms with Gasteiger partial charge in [-0.15, -0.1) is 22.0 Å². The Bertz CT molecular complexity index is 1110. The summed E-state index contributed by atoms with van der Waals surface area (Å²) >= 11 is 2.49. The Morgan fingerprint density at radius 1 is 1.30 bits per heavy atom. The maximum Gasteiger partial charge on any atom is 0.319 e. The second kappa shape index (κ2) is 8.98. The van der Waals surface area contributed by atoms with Crippen LogP contribution in [0.2, 0.25) is 0 Å². The molecule has 2 aliphatic heterocycles. The number of rotatable bonds is 7. The molecule has 174 valence electrons. The van der Waals surface area contributed by atoms with Crippen molar-refractivity contribution in [2.24, 2.45) is 5.16 Å². The molecule has 2 aliphatic rings. The lowest BCUT2D eigenvalue weighted by Crippen LogP contribution is -2.74. The zero-order chi connectivity index (χ0) is 23.8. The van der Waals surface area contributed by atoms with Gasteiger partial charge < -0.3 is 25.1 Å². The van der Waals surface area contributed by atoms with Crippen LogP contribution in [-0.2, 0) is 24.6 Å². The molecule has 2 aromatic rings. The van der Waals surface area contributed by atoms with Gasteiger partial charge in [-0.05, 0) is 0 Å². The van der Waals surface area contributed by atoms with E-state index in [0.29, 0.717) is 15.7 Å². The summed E-state index contributed by atoms with van der Waals surface area (Å²) in [5.74, 6) is -1.76. The number of thioether (sulfide) groups is 1. The van der Waals surface area contributed by atoms with Gasteiger partial charge in [-0.2, -0.15) is 0 Å². The fourth-order valence-electron chi connectivity index (χ4n) is 3.64. The number of hydrogen-bond acceptors (Lipinski definition) is 10. The molecule has 3 heterocycles. The van der Waals surface area contributed by atoms with Gasteiger partial charge in [0.15, 0.2) is 5.71 Å². The van der Waals surface area contributed by atoms with E-state index in [1.165, 1.54) is 35.1 Å². The standard InChI is InChI=1S/C20H22N6O5S2/c1-25(2)19-23-22-17(33-19)20(18(29)30)9-26-15(28)13(16(26)32-10-20)21-14(27)12(24-31-3)11-7-5-4-6-8-11/h4-8,13,16H,9-10H2,1-3H3,(H,21,27)(H,29,30)/t13?,16-,20?/m1/s1. The molecular formula is C20H22N6O5S2. The van der Waals surface area contributed by atoms with E-state index >= 15 is 0 Å². The molecule has 2 saturated heterocycles. The Hall–Kier alpha value is -3.19. The highest BCUT2D eigenvalue weighted by atomic mass is 32.2. The Morgan fingerprint density at radius 3 is 2.64 bits per heavy atom. The average Bonchev–Trinajstić information content (AvgIpc) is 3.32. The van der Waals surface area contributed by atoms with Crippen LogP contribution in [0, 0.1) is 0 Å². The number of hydrogen-bond donors (Lipinski definition) is 2. The smallest absolute Gasteiger partial charge is 0.319 e. The zero-order valence-corrected chi connectivity index (χ0v) is 19.7. The lowest BCUT2D eigenvalue weighted by molar-refractivity contribution is -0.154. The maximum absolute atomic E-state index is 12.9. The third kappa shape index (κ3) is 4.02. The van der Waals surface area contributed by atoms with Gasteiger partial charge in [-0.3, -0.25) is 14.4 Å². The third-order valence-corrected chi connectivity index (χ3v) is 8.25. The SMILES string of the molecule is CON=C(C(=O)NC1C(=O)N2CC(C(=O)O)(c3nnc(N(C)C)s3)CS[C@H]12)c1ccccc1. The summed E-state index contributed by atoms with van der Waals surface area (Å²) in [7, 11) is 4.93. The number of carboxylic acids is 1. The highest BCUT2D eigenvalue weighted by Gasteiger charge is 2.59. The minimum atomic E-state index is -1.36. The lowest BCUT2D eigenvalue weighted by atomic mass is 9.88. The van der Waals surface area contributed by atoms with Crippen molar-refractivity contribution < 1.29 is 24.3 Å². The predicted molar refractivity (Wildman–Crippen MR) is 123 cm³/mol. The number of aliphatic carboxylic acids is 1. The van der Waals surface area contributed by atoms with Crippen molar-refractivity contribution >= 4 is 51.7 Å². The number of anilines is 1. The van der Waals surface area contributed by atoms with Crippen LogP contribution in [0.25, 0.3) is 0 Å². The van der Waals surface area contributed by atoms with E-state index in [2.05, 4.69) is 20.7 Å². The fourth-order valence-corrected chi connectivity index (χ4v) is 6.21. The first-order chi connectivity index (χ1) is 15.8. The molecule has 1 aromatic heterocycles. The predicted octanol–water partition coefficient (Wildman–Crippen LogP) is 0.377. The molecule has 1 aromatic carbocycles. The van der Waals surface area contributed by atoms with Gasteiger partial charge in [0.25, 0.3) is 5.91 Å². The molecule has 33 heavy (non-hydrogen) atoms. The fraction of sp³-hybridized carbons (Fsp3) is 0.400. The molecule has 0 spiro atoms. The van der Waals surface area contributed by atoms with Gasteiger partial charge in [0.2, 0.25) is 11.0 Å². The Balaban J connectivity index is 1.50. The zero-order valence-electron chi connectivity index (χ0n) is 18.1. The minimum Gasteiger partial charge on any atom is -0.480 e. The van der Waals surface area contributed by atoms with E-state index in [4.69, 9.17) is 4.84 Å². The van der Waals surface area contributed by atoms with Crippen molar-refractivity contribution in [1.82, 2.24) is 20.4 Å². The number of benzene rings is 1. The molecule has 4 rings (SSSR count). The number of carbonyl (C=O) groups is 3. The Labute approximate surface area is 197 Å². The van der Waals surface area contributed by atoms with Crippen molar-refractivity contribution in [3.63, 3.8) is 0 Å². The monoisotopic (exact) mass is 490 g/mol. The summed E-state index contributed by atoms with van der Waals surface area (Å²) in [6.07, 6.45) is 0. The van der Waals surface area contributed by atoms with E-state index in [-0.39, 0.29) is 29.3 Å². The van der Waals surface area contributed by atoms with Crippen LogP contribution in [0.4, 0.5) is 5.13 Å². The van der Waals surface area contributed by atoms with E-state index < -0.39 is 23.3 Å². The summed E-state index contributed by atoms with van der Waals surface area (Å²) in [5.41, 5.74) is -0.755. The first-order valence-electron chi connectivity index (χ1n) is 9.92. The number of aromatic nitrogens is 2. The average molecular weight is 491 g/mol. The summed E-state index contributed by atoms with van der Waals surface area (Å²) in [6.45, 7) is -0.0367. The topological polar surface area (TPSA) is 137 Å². The van der Waals surface area contributed by atoms with Crippen molar-refractivity contribution in [3.8, 4) is 0 Å². The van der Waals surface area contributed by atoms with Crippen LogP contribution < -0.4 is 10.2 Å². The Kier molecular flexibility index (Phi) is 6.26. The van der Waals surface area contributed by atoms with Crippen molar-refractivity contribution in [3.05, 3.63) is 40.9 Å². The van der Waals surface area contributed by atoms with Crippen molar-refractivity contribution in [2.45, 2.75) is 16.8 Å². The van der Waals surface area contributed by atoms with Gasteiger partial charge in [-0.25, -0.2) is 0 Å². The van der Waals surface area contributed by atoms with Gasteiger partial charge in [0, 0.05) is 32.0 Å². The van der Waals surface area contributed by atoms with Crippen LogP contribution in [0.1, 0.15) is 10.6 Å². The maximum atomic E-state index is 12.9. The van der Waals surface area contributed by atoms with Crippen molar-refractivity contribution in [1.29, 1.82) is 0 Å². The second-order valence-corrected chi connectivity index (χ2v) is 9.84. The first-order valence-corrected chi connectivity index (χ1v) is 11.8. The van der Waals surface area contributed by atoms with E-state index in [1.807, 2.05) is 6.07 Å². The largest absolute Gasteiger partial charge is 0.480 e. The summed E-state index contributed by atoms with van der Waals surface area (Å²) in [6, 6.07) is 7.99. The molecule has 2 fully saturated rings. The third-order valence-electron chi connectivity index (χ3n) is 5.43. The minimum absolute atomic E-state index is 0.0367. The highest BCUT2D eigenvalue weighted by Crippen LogP contribution is 2.45. The highest BCUT2D eigenvalue weighted by molar-refractivity contribution is 8.00. The van der Waals surface area contributed by atoms with E-state index in [1.54, 1.807) is 43.3 Å². The number of amides is 2. The van der Waals surface area contributed by atoms with Crippen LogP contribution in [0.5, 0.6) is 0 Å². The van der Waals surface area contributed by atoms with Crippen LogP contribution >= 0.6 is 23.1 Å². The number of fused-ring (bicyclic) bond motifs is 1. The van der Waals surface area contributed by atoms with Crippen molar-refractivity contribution in [2.75, 3.05) is 38.4 Å². The lowest BCUT2D eigenvalue weighted by Gasteiger charge is -2.53.